The van der Waals surface area contributed by atoms with E-state index < -0.39 is 9.84 Å². The molecule has 0 unspecified atom stereocenters. The molecule has 162 valence electrons. The van der Waals surface area contributed by atoms with Crippen LogP contribution in [0.15, 0.2) is 52.4 Å². The molecule has 3 aromatic rings. The van der Waals surface area contributed by atoms with Crippen LogP contribution in [0.3, 0.4) is 0 Å². The molecule has 0 saturated carbocycles. The summed E-state index contributed by atoms with van der Waals surface area (Å²) in [7, 11) is -3.21. The van der Waals surface area contributed by atoms with Gasteiger partial charge in [0.15, 0.2) is 15.8 Å². The van der Waals surface area contributed by atoms with Gasteiger partial charge >= 0.3 is 0 Å². The second-order valence-electron chi connectivity index (χ2n) is 6.94. The number of rotatable bonds is 7. The van der Waals surface area contributed by atoms with Gasteiger partial charge in [-0.05, 0) is 43.2 Å². The molecule has 1 heterocycles. The number of sulfone groups is 1. The van der Waals surface area contributed by atoms with Crippen LogP contribution in [0.5, 0.6) is 0 Å². The molecule has 2 aromatic carbocycles. The van der Waals surface area contributed by atoms with Gasteiger partial charge in [-0.3, -0.25) is 0 Å². The van der Waals surface area contributed by atoms with Crippen molar-refractivity contribution in [2.75, 3.05) is 19.3 Å². The predicted molar refractivity (Wildman–Crippen MR) is 132 cm³/mol. The summed E-state index contributed by atoms with van der Waals surface area (Å²) >= 11 is 0. The fourth-order valence-corrected chi connectivity index (χ4v) is 4.12. The monoisotopic (exact) mass is 541 g/mol. The Morgan fingerprint density at radius 3 is 2.60 bits per heavy atom. The van der Waals surface area contributed by atoms with Gasteiger partial charge in [0.25, 0.3) is 0 Å². The minimum atomic E-state index is -3.21. The molecule has 0 aliphatic heterocycles. The number of hydrogen-bond acceptors (Lipinski definition) is 4. The number of imidazole rings is 1. The standard InChI is InChI=1S/C21H27N5O2S.HI/c1-4-22-21(23-12-11-20-25-17-7-5-6-8-18(17)26-20)24-14-16-9-10-19(15(2)13-16)29(3,27)28;/h5-10,13H,4,11-12,14H2,1-3H3,(H,25,26)(H2,22,23,24);1H. The molecule has 7 nitrogen and oxygen atoms in total. The first kappa shape index (κ1) is 24.1. The summed E-state index contributed by atoms with van der Waals surface area (Å²) in [5.74, 6) is 1.65. The van der Waals surface area contributed by atoms with Gasteiger partial charge in [0.1, 0.15) is 5.82 Å². The Labute approximate surface area is 194 Å². The highest BCUT2D eigenvalue weighted by Crippen LogP contribution is 2.17. The van der Waals surface area contributed by atoms with Gasteiger partial charge in [-0.25, -0.2) is 18.4 Å². The molecule has 0 aliphatic rings. The Morgan fingerprint density at radius 2 is 1.93 bits per heavy atom. The number of nitrogens with zero attached hydrogens (tertiary/aromatic N) is 2. The number of H-pyrrole nitrogens is 1. The van der Waals surface area contributed by atoms with Gasteiger partial charge in [-0.15, -0.1) is 24.0 Å². The second-order valence-corrected chi connectivity index (χ2v) is 8.93. The smallest absolute Gasteiger partial charge is 0.191 e. The number of hydrogen-bond donors (Lipinski definition) is 3. The number of halogens is 1. The molecule has 30 heavy (non-hydrogen) atoms. The molecular weight excluding hydrogens is 513 g/mol. The zero-order valence-electron chi connectivity index (χ0n) is 17.4. The molecule has 0 radical (unpaired) electrons. The summed E-state index contributed by atoms with van der Waals surface area (Å²) < 4.78 is 23.5. The van der Waals surface area contributed by atoms with E-state index in [-0.39, 0.29) is 24.0 Å². The van der Waals surface area contributed by atoms with Gasteiger partial charge in [-0.2, -0.15) is 0 Å². The molecule has 0 atom stereocenters. The highest BCUT2D eigenvalue weighted by atomic mass is 127. The van der Waals surface area contributed by atoms with Crippen molar-refractivity contribution in [3.63, 3.8) is 0 Å². The lowest BCUT2D eigenvalue weighted by Gasteiger charge is -2.11. The van der Waals surface area contributed by atoms with Crippen LogP contribution >= 0.6 is 24.0 Å². The van der Waals surface area contributed by atoms with E-state index in [0.717, 1.165) is 41.0 Å². The fraction of sp³-hybridized carbons (Fsp3) is 0.333. The van der Waals surface area contributed by atoms with Crippen LogP contribution in [0.1, 0.15) is 23.9 Å². The number of aliphatic imine (C=N–C) groups is 1. The van der Waals surface area contributed by atoms with E-state index >= 15 is 0 Å². The number of aromatic amines is 1. The zero-order valence-corrected chi connectivity index (χ0v) is 20.5. The number of guanidine groups is 1. The van der Waals surface area contributed by atoms with E-state index in [2.05, 4.69) is 25.6 Å². The van der Waals surface area contributed by atoms with Crippen molar-refractivity contribution >= 4 is 50.8 Å². The molecule has 3 N–H and O–H groups in total. The SMILES string of the molecule is CCNC(=NCc1ccc(S(C)(=O)=O)c(C)c1)NCCc1nc2ccccc2[nH]1.I. The average Bonchev–Trinajstić information content (AvgIpc) is 3.08. The lowest BCUT2D eigenvalue weighted by molar-refractivity contribution is 0.601. The molecule has 0 aliphatic carbocycles. The lowest BCUT2D eigenvalue weighted by Crippen LogP contribution is -2.38. The number of aromatic nitrogens is 2. The van der Waals surface area contributed by atoms with E-state index in [1.807, 2.05) is 43.3 Å². The maximum atomic E-state index is 11.8. The third-order valence-corrected chi connectivity index (χ3v) is 5.75. The molecule has 0 spiro atoms. The number of para-hydroxylation sites is 2. The Hall–Kier alpha value is -2.14. The van der Waals surface area contributed by atoms with E-state index in [9.17, 15) is 8.42 Å². The summed E-state index contributed by atoms with van der Waals surface area (Å²) in [5, 5.41) is 6.55. The molecule has 9 heteroatoms. The topological polar surface area (TPSA) is 99.2 Å². The third kappa shape index (κ3) is 6.43. The van der Waals surface area contributed by atoms with Crippen molar-refractivity contribution in [2.24, 2.45) is 4.99 Å². The largest absolute Gasteiger partial charge is 0.357 e. The normalized spacial score (nSPS) is 11.9. The van der Waals surface area contributed by atoms with Gasteiger partial charge in [0.05, 0.1) is 22.5 Å². The first-order valence-electron chi connectivity index (χ1n) is 9.62. The first-order valence-corrected chi connectivity index (χ1v) is 11.5. The Morgan fingerprint density at radius 1 is 1.17 bits per heavy atom. The number of benzene rings is 2. The molecule has 0 amide bonds. The van der Waals surface area contributed by atoms with Gasteiger partial charge < -0.3 is 15.6 Å². The van der Waals surface area contributed by atoms with Gasteiger partial charge in [-0.1, -0.05) is 24.3 Å². The van der Waals surface area contributed by atoms with Gasteiger partial charge in [0, 0.05) is 25.8 Å². The maximum Gasteiger partial charge on any atom is 0.191 e. The van der Waals surface area contributed by atoms with E-state index in [0.29, 0.717) is 23.9 Å². The summed E-state index contributed by atoms with van der Waals surface area (Å²) in [5.41, 5.74) is 3.71. The van der Waals surface area contributed by atoms with E-state index in [4.69, 9.17) is 0 Å². The van der Waals surface area contributed by atoms with Crippen LogP contribution < -0.4 is 10.6 Å². The van der Waals surface area contributed by atoms with Gasteiger partial charge in [0.2, 0.25) is 0 Å². The van der Waals surface area contributed by atoms with Crippen molar-refractivity contribution in [1.82, 2.24) is 20.6 Å². The van der Waals surface area contributed by atoms with Crippen LogP contribution in [0.4, 0.5) is 0 Å². The average molecular weight is 541 g/mol. The number of fused-ring (bicyclic) bond motifs is 1. The van der Waals surface area contributed by atoms with Crippen molar-refractivity contribution in [1.29, 1.82) is 0 Å². The highest BCUT2D eigenvalue weighted by molar-refractivity contribution is 14.0. The van der Waals surface area contributed by atoms with Crippen molar-refractivity contribution in [3.05, 3.63) is 59.4 Å². The highest BCUT2D eigenvalue weighted by Gasteiger charge is 2.10. The number of aryl methyl sites for hydroxylation is 1. The quantitative estimate of drug-likeness (QED) is 0.243. The Kier molecular flexibility index (Phi) is 8.65. The minimum absolute atomic E-state index is 0. The van der Waals surface area contributed by atoms with Crippen LogP contribution in [0.2, 0.25) is 0 Å². The summed E-state index contributed by atoms with van der Waals surface area (Å²) in [6, 6.07) is 13.3. The molecule has 0 fully saturated rings. The molecular formula is C21H28IN5O2S. The molecule has 1 aromatic heterocycles. The van der Waals surface area contributed by atoms with Crippen molar-refractivity contribution < 1.29 is 8.42 Å². The lowest BCUT2D eigenvalue weighted by atomic mass is 10.1. The Bertz CT molecular complexity index is 1090. The minimum Gasteiger partial charge on any atom is -0.357 e. The molecule has 3 rings (SSSR count). The van der Waals surface area contributed by atoms with Crippen LogP contribution in [0.25, 0.3) is 11.0 Å². The molecule has 0 bridgehead atoms. The van der Waals surface area contributed by atoms with Crippen molar-refractivity contribution in [2.45, 2.75) is 31.7 Å². The second kappa shape index (κ2) is 10.8. The fourth-order valence-electron chi connectivity index (χ4n) is 3.16. The summed E-state index contributed by atoms with van der Waals surface area (Å²) in [4.78, 5) is 12.9. The van der Waals surface area contributed by atoms with E-state index in [1.54, 1.807) is 13.0 Å². The maximum absolute atomic E-state index is 11.8. The summed E-state index contributed by atoms with van der Waals surface area (Å²) in [6.45, 7) is 5.73. The first-order chi connectivity index (χ1) is 13.9. The third-order valence-electron chi connectivity index (χ3n) is 4.50. The van der Waals surface area contributed by atoms with Crippen LogP contribution in [0, 0.1) is 6.92 Å². The zero-order chi connectivity index (χ0) is 20.9. The summed E-state index contributed by atoms with van der Waals surface area (Å²) in [6.07, 6.45) is 1.98. The predicted octanol–water partition coefficient (Wildman–Crippen LogP) is 3.19. The van der Waals surface area contributed by atoms with Crippen molar-refractivity contribution in [3.8, 4) is 0 Å². The van der Waals surface area contributed by atoms with Crippen LogP contribution in [-0.4, -0.2) is 43.7 Å². The molecule has 0 saturated heterocycles. The van der Waals surface area contributed by atoms with E-state index in [1.165, 1.54) is 6.26 Å². The van der Waals surface area contributed by atoms with Crippen LogP contribution in [-0.2, 0) is 22.8 Å². The number of nitrogens with one attached hydrogen (secondary N) is 3. The Balaban J connectivity index is 0.00000320.